The van der Waals surface area contributed by atoms with Crippen molar-refractivity contribution in [3.63, 3.8) is 0 Å². The second kappa shape index (κ2) is 53.9. The Kier molecular flexibility index (Phi) is 53.9. The van der Waals surface area contributed by atoms with E-state index in [4.69, 9.17) is 5.11 Å². The zero-order valence-electron chi connectivity index (χ0n) is 39.9. The van der Waals surface area contributed by atoms with Crippen LogP contribution in [0.1, 0.15) is 341 Å². The van der Waals surface area contributed by atoms with Gasteiger partial charge in [0.1, 0.15) is 0 Å². The molecular weight excluding hydrogens is 693 g/mol. The maximum Gasteiger partial charge on any atom is 0.0540 e. The van der Waals surface area contributed by atoms with Crippen molar-refractivity contribution in [2.75, 3.05) is 6.61 Å². The molecule has 0 rings (SSSR count). The molecule has 344 valence electrons. The van der Waals surface area contributed by atoms with Crippen molar-refractivity contribution < 1.29 is 10.2 Å². The smallest absolute Gasteiger partial charge is 0.0540 e. The fourth-order valence-corrected chi connectivity index (χ4v) is 9.22. The first kappa shape index (κ1) is 56.9. The molecule has 0 saturated carbocycles. The summed E-state index contributed by atoms with van der Waals surface area (Å²) in [6.45, 7) is 2.68. The van der Waals surface area contributed by atoms with Crippen molar-refractivity contribution in [3.8, 4) is 0 Å². The maximum atomic E-state index is 10.4. The molecule has 0 bridgehead atoms. The van der Waals surface area contributed by atoms with Crippen LogP contribution in [0, 0.1) is 0 Å². The van der Waals surface area contributed by atoms with Gasteiger partial charge < -0.3 is 10.2 Å². The van der Waals surface area contributed by atoms with Gasteiger partial charge in [-0.15, -0.1) is 0 Å². The monoisotopic (exact) mass is 805 g/mol. The molecule has 0 aliphatic carbocycles. The maximum absolute atomic E-state index is 10.4. The summed E-state index contributed by atoms with van der Waals surface area (Å²) in [4.78, 5) is 0. The topological polar surface area (TPSA) is 40.5 Å². The zero-order chi connectivity index (χ0) is 41.1. The molecular formula is C55H112O2. The molecule has 0 amide bonds. The molecule has 57 heavy (non-hydrogen) atoms. The lowest BCUT2D eigenvalue weighted by atomic mass is 10.0. The predicted octanol–water partition coefficient (Wildman–Crippen LogP) is 19.6. The van der Waals surface area contributed by atoms with Gasteiger partial charge in [0.2, 0.25) is 0 Å². The summed E-state index contributed by atoms with van der Waals surface area (Å²) in [5.74, 6) is 0. The Morgan fingerprint density at radius 1 is 0.211 bits per heavy atom. The van der Waals surface area contributed by atoms with Gasteiger partial charge >= 0.3 is 0 Å². The highest BCUT2D eigenvalue weighted by Crippen LogP contribution is 2.19. The van der Waals surface area contributed by atoms with E-state index in [2.05, 4.69) is 6.92 Å². The molecule has 2 N–H and O–H groups in total. The van der Waals surface area contributed by atoms with Crippen molar-refractivity contribution in [2.45, 2.75) is 347 Å². The first-order valence-electron chi connectivity index (χ1n) is 27.6. The highest BCUT2D eigenvalue weighted by atomic mass is 16.3. The van der Waals surface area contributed by atoms with Gasteiger partial charge in [0.15, 0.2) is 0 Å². The van der Waals surface area contributed by atoms with E-state index in [0.717, 1.165) is 19.3 Å². The van der Waals surface area contributed by atoms with Crippen LogP contribution in [0.5, 0.6) is 0 Å². The lowest BCUT2D eigenvalue weighted by Crippen LogP contribution is -2.05. The quantitative estimate of drug-likeness (QED) is 0.0601. The summed E-state index contributed by atoms with van der Waals surface area (Å²) in [6.07, 6.45) is 72.9. The molecule has 0 aromatic rings. The summed E-state index contributed by atoms with van der Waals surface area (Å²) in [5.41, 5.74) is 0. The van der Waals surface area contributed by atoms with E-state index < -0.39 is 0 Å². The van der Waals surface area contributed by atoms with Crippen LogP contribution in [0.2, 0.25) is 0 Å². The van der Waals surface area contributed by atoms with Crippen LogP contribution in [-0.4, -0.2) is 22.9 Å². The molecule has 0 radical (unpaired) electrons. The zero-order valence-corrected chi connectivity index (χ0v) is 39.9. The lowest BCUT2D eigenvalue weighted by Gasteiger charge is -2.10. The average molecular weight is 805 g/mol. The third-order valence-electron chi connectivity index (χ3n) is 13.3. The standard InChI is InChI=1S/C55H112O2/c1-2-3-4-5-6-7-8-9-10-11-12-13-14-16-19-22-25-28-31-34-37-40-43-46-49-52-55(57)53-50-47-44-41-38-35-32-29-26-23-20-17-15-18-21-24-27-30-33-36-39-42-45-48-51-54-56/h55-57H,2-54H2,1H3. The number of aliphatic hydroxyl groups is 2. The van der Waals surface area contributed by atoms with Crippen molar-refractivity contribution in [1.29, 1.82) is 0 Å². The highest BCUT2D eigenvalue weighted by Gasteiger charge is 2.04. The van der Waals surface area contributed by atoms with Gasteiger partial charge in [-0.1, -0.05) is 322 Å². The number of aliphatic hydroxyl groups excluding tert-OH is 2. The van der Waals surface area contributed by atoms with E-state index in [0.29, 0.717) is 6.61 Å². The van der Waals surface area contributed by atoms with Crippen molar-refractivity contribution >= 4 is 0 Å². The van der Waals surface area contributed by atoms with E-state index in [1.165, 1.54) is 315 Å². The Labute approximate surface area is 362 Å². The summed E-state index contributed by atoms with van der Waals surface area (Å²) in [6, 6.07) is 0. The largest absolute Gasteiger partial charge is 0.396 e. The molecule has 0 aromatic carbocycles. The Bertz CT molecular complexity index is 663. The molecule has 2 heteroatoms. The second-order valence-corrected chi connectivity index (χ2v) is 19.3. The van der Waals surface area contributed by atoms with Gasteiger partial charge in [-0.2, -0.15) is 0 Å². The Hall–Kier alpha value is -0.0800. The van der Waals surface area contributed by atoms with Crippen LogP contribution in [0.4, 0.5) is 0 Å². The average Bonchev–Trinajstić information content (AvgIpc) is 3.22. The highest BCUT2D eigenvalue weighted by molar-refractivity contribution is 4.59. The Balaban J connectivity index is 3.14. The van der Waals surface area contributed by atoms with Crippen LogP contribution in [0.3, 0.4) is 0 Å². The van der Waals surface area contributed by atoms with Crippen LogP contribution in [-0.2, 0) is 0 Å². The van der Waals surface area contributed by atoms with E-state index in [9.17, 15) is 5.11 Å². The molecule has 0 saturated heterocycles. The van der Waals surface area contributed by atoms with E-state index in [-0.39, 0.29) is 6.10 Å². The SMILES string of the molecule is CCCCCCCCCCCCCCCCCCCCCCCCCCCC(O)CCCCCCCCCCCCCCCCCCCCCCCCCCCO. The van der Waals surface area contributed by atoms with Crippen LogP contribution in [0.15, 0.2) is 0 Å². The summed E-state index contributed by atoms with van der Waals surface area (Å²) in [7, 11) is 0. The van der Waals surface area contributed by atoms with E-state index in [1.54, 1.807) is 0 Å². The van der Waals surface area contributed by atoms with Crippen molar-refractivity contribution in [1.82, 2.24) is 0 Å². The van der Waals surface area contributed by atoms with E-state index >= 15 is 0 Å². The molecule has 2 nitrogen and oxygen atoms in total. The van der Waals surface area contributed by atoms with Gasteiger partial charge in [-0.3, -0.25) is 0 Å². The van der Waals surface area contributed by atoms with Crippen LogP contribution >= 0.6 is 0 Å². The second-order valence-electron chi connectivity index (χ2n) is 19.3. The first-order chi connectivity index (χ1) is 28.3. The third-order valence-corrected chi connectivity index (χ3v) is 13.3. The van der Waals surface area contributed by atoms with Crippen molar-refractivity contribution in [3.05, 3.63) is 0 Å². The normalized spacial score (nSPS) is 12.3. The number of rotatable bonds is 53. The predicted molar refractivity (Wildman–Crippen MR) is 259 cm³/mol. The van der Waals surface area contributed by atoms with Crippen LogP contribution in [0.25, 0.3) is 0 Å². The summed E-state index contributed by atoms with van der Waals surface area (Å²) < 4.78 is 0. The molecule has 0 heterocycles. The summed E-state index contributed by atoms with van der Waals surface area (Å²) in [5, 5.41) is 19.2. The fourth-order valence-electron chi connectivity index (χ4n) is 9.22. The van der Waals surface area contributed by atoms with Gasteiger partial charge in [0.05, 0.1) is 6.10 Å². The van der Waals surface area contributed by atoms with Gasteiger partial charge in [0, 0.05) is 6.61 Å². The molecule has 1 atom stereocenters. The first-order valence-corrected chi connectivity index (χ1v) is 27.6. The molecule has 0 aliphatic rings. The Morgan fingerprint density at radius 3 is 0.509 bits per heavy atom. The Morgan fingerprint density at radius 2 is 0.351 bits per heavy atom. The number of hydrogen-bond acceptors (Lipinski definition) is 2. The minimum Gasteiger partial charge on any atom is -0.396 e. The fraction of sp³-hybridized carbons (Fsp3) is 1.00. The lowest BCUT2D eigenvalue weighted by molar-refractivity contribution is 0.147. The van der Waals surface area contributed by atoms with Crippen LogP contribution < -0.4 is 0 Å². The number of unbranched alkanes of at least 4 members (excludes halogenated alkanes) is 48. The third kappa shape index (κ3) is 53.9. The minimum atomic E-state index is -0.0428. The van der Waals surface area contributed by atoms with Gasteiger partial charge in [-0.05, 0) is 19.3 Å². The molecule has 0 aliphatic heterocycles. The molecule has 1 unspecified atom stereocenters. The van der Waals surface area contributed by atoms with Gasteiger partial charge in [0.25, 0.3) is 0 Å². The van der Waals surface area contributed by atoms with Gasteiger partial charge in [-0.25, -0.2) is 0 Å². The molecule has 0 fully saturated rings. The minimum absolute atomic E-state index is 0.0428. The van der Waals surface area contributed by atoms with Crippen molar-refractivity contribution in [2.24, 2.45) is 0 Å². The molecule has 0 spiro atoms. The van der Waals surface area contributed by atoms with E-state index in [1.807, 2.05) is 0 Å². The summed E-state index contributed by atoms with van der Waals surface area (Å²) >= 11 is 0. The number of hydrogen-bond donors (Lipinski definition) is 2. The molecule has 0 aromatic heterocycles.